The van der Waals surface area contributed by atoms with Gasteiger partial charge < -0.3 is 4.74 Å². The van der Waals surface area contributed by atoms with E-state index in [1.54, 1.807) is 11.3 Å². The highest BCUT2D eigenvalue weighted by Gasteiger charge is 2.16. The molecule has 0 bridgehead atoms. The van der Waals surface area contributed by atoms with Crippen molar-refractivity contribution in [2.45, 2.75) is 53.4 Å². The number of ether oxygens (including phenoxy) is 1. The van der Waals surface area contributed by atoms with Crippen molar-refractivity contribution in [2.75, 3.05) is 7.11 Å². The Morgan fingerprint density at radius 2 is 1.72 bits per heavy atom. The lowest BCUT2D eigenvalue weighted by molar-refractivity contribution is -0.145. The first-order valence-corrected chi connectivity index (χ1v) is 10.5. The number of carbonyl (C=O) groups excluding carboxylic acids is 1. The molecule has 1 aromatic carbocycles. The number of halogens is 1. The topological polar surface area (TPSA) is 39.2 Å². The van der Waals surface area contributed by atoms with Gasteiger partial charge in [0.2, 0.25) is 0 Å². The molecule has 5 heteroatoms. The van der Waals surface area contributed by atoms with Crippen molar-refractivity contribution >= 4 is 33.2 Å². The van der Waals surface area contributed by atoms with Gasteiger partial charge in [0.1, 0.15) is 0 Å². The van der Waals surface area contributed by atoms with Crippen LogP contribution in [0.1, 0.15) is 53.4 Å². The molecule has 0 fully saturated rings. The van der Waals surface area contributed by atoms with Gasteiger partial charge in [0.25, 0.3) is 0 Å². The van der Waals surface area contributed by atoms with Crippen LogP contribution in [0.3, 0.4) is 0 Å². The quantitative estimate of drug-likeness (QED) is 0.466. The number of hydrogen-bond donors (Lipinski definition) is 0. The lowest BCUT2D eigenvalue weighted by Crippen LogP contribution is -2.15. The molecule has 25 heavy (non-hydrogen) atoms. The van der Waals surface area contributed by atoms with E-state index in [2.05, 4.69) is 51.6 Å². The summed E-state index contributed by atoms with van der Waals surface area (Å²) >= 11 is 5.05. The molecule has 2 aromatic rings. The normalized spacial score (nSPS) is 9.56. The minimum atomic E-state index is -0.0475. The van der Waals surface area contributed by atoms with Gasteiger partial charge in [-0.2, -0.15) is 0 Å². The first-order valence-electron chi connectivity index (χ1n) is 8.84. The minimum Gasteiger partial charge on any atom is -0.469 e. The zero-order valence-electron chi connectivity index (χ0n) is 15.9. The van der Waals surface area contributed by atoms with E-state index in [4.69, 9.17) is 0 Å². The van der Waals surface area contributed by atoms with E-state index in [9.17, 15) is 4.79 Å². The highest BCUT2D eigenvalue weighted by Crippen LogP contribution is 2.24. The number of nitrogens with zero attached hydrogens (tertiary/aromatic N) is 1. The molecule has 0 unspecified atom stereocenters. The Bertz CT molecular complexity index is 550. The predicted molar refractivity (Wildman–Crippen MR) is 112 cm³/mol. The Labute approximate surface area is 165 Å². The van der Waals surface area contributed by atoms with Crippen LogP contribution in [0.2, 0.25) is 0 Å². The van der Waals surface area contributed by atoms with Crippen LogP contribution in [-0.2, 0) is 9.53 Å². The maximum absolute atomic E-state index is 11.1. The van der Waals surface area contributed by atoms with Crippen molar-refractivity contribution < 1.29 is 9.53 Å². The molecule has 1 heterocycles. The molecule has 0 aliphatic carbocycles. The second-order valence-corrected chi connectivity index (χ2v) is 6.97. The van der Waals surface area contributed by atoms with Gasteiger partial charge in [-0.05, 0) is 30.5 Å². The van der Waals surface area contributed by atoms with Crippen LogP contribution in [0.15, 0.2) is 40.4 Å². The number of hydrogen-bond acceptors (Lipinski definition) is 4. The summed E-state index contributed by atoms with van der Waals surface area (Å²) in [4.78, 5) is 16.3. The number of thiazole rings is 1. The number of methoxy groups -OCH3 is 1. The van der Waals surface area contributed by atoms with Crippen LogP contribution in [0.25, 0.3) is 10.4 Å². The largest absolute Gasteiger partial charge is 0.469 e. The minimum absolute atomic E-state index is 0.0475. The van der Waals surface area contributed by atoms with Gasteiger partial charge in [-0.25, -0.2) is 0 Å². The van der Waals surface area contributed by atoms with Crippen molar-refractivity contribution in [2.24, 2.45) is 5.92 Å². The van der Waals surface area contributed by atoms with Crippen molar-refractivity contribution in [1.82, 2.24) is 4.98 Å². The van der Waals surface area contributed by atoms with Gasteiger partial charge >= 0.3 is 5.97 Å². The molecule has 0 N–H and O–H groups in total. The lowest BCUT2D eigenvalue weighted by Gasteiger charge is -2.11. The zero-order valence-corrected chi connectivity index (χ0v) is 18.3. The molecule has 0 saturated carbocycles. The Kier molecular flexibility index (Phi) is 14.4. The molecule has 0 saturated heterocycles. The summed E-state index contributed by atoms with van der Waals surface area (Å²) in [5.41, 5.74) is 3.07. The first kappa shape index (κ1) is 23.8. The summed E-state index contributed by atoms with van der Waals surface area (Å²) in [6.07, 6.45) is 5.91. The summed E-state index contributed by atoms with van der Waals surface area (Å²) in [7, 11) is 1.46. The van der Waals surface area contributed by atoms with Crippen molar-refractivity contribution in [3.05, 3.63) is 40.4 Å². The average molecular weight is 428 g/mol. The van der Waals surface area contributed by atoms with E-state index in [-0.39, 0.29) is 11.9 Å². The third-order valence-electron chi connectivity index (χ3n) is 3.37. The van der Waals surface area contributed by atoms with Crippen LogP contribution in [0.4, 0.5) is 0 Å². The smallest absolute Gasteiger partial charge is 0.308 e. The number of esters is 1. The average Bonchev–Trinajstić information content (AvgIpc) is 3.18. The summed E-state index contributed by atoms with van der Waals surface area (Å²) < 4.78 is 5.79. The predicted octanol–water partition coefficient (Wildman–Crippen LogP) is 6.97. The standard InChI is InChI=1S/C9H6BrNS.C9H18O2.C2H6/c10-8-3-1-7(2-4-8)9-5-11-6-12-9;1-4-6-8(7-5-2)9(10)11-3;1-2/h1-6H;8H,4-7H2,1-3H3;1-2H3. The second kappa shape index (κ2) is 15.1. The number of benzene rings is 1. The third kappa shape index (κ3) is 9.75. The Morgan fingerprint density at radius 3 is 2.12 bits per heavy atom. The van der Waals surface area contributed by atoms with E-state index in [0.29, 0.717) is 0 Å². The van der Waals surface area contributed by atoms with E-state index in [1.807, 2.05) is 37.7 Å². The second-order valence-electron chi connectivity index (χ2n) is 5.17. The molecule has 0 radical (unpaired) electrons. The Hall–Kier alpha value is -1.20. The van der Waals surface area contributed by atoms with Gasteiger partial charge in [0, 0.05) is 10.7 Å². The first-order chi connectivity index (χ1) is 12.1. The monoisotopic (exact) mass is 427 g/mol. The molecule has 0 spiro atoms. The molecule has 0 aliphatic heterocycles. The van der Waals surface area contributed by atoms with Gasteiger partial charge in [-0.3, -0.25) is 9.78 Å². The van der Waals surface area contributed by atoms with Crippen molar-refractivity contribution in [1.29, 1.82) is 0 Å². The highest BCUT2D eigenvalue weighted by atomic mass is 79.9. The third-order valence-corrected chi connectivity index (χ3v) is 4.72. The van der Waals surface area contributed by atoms with E-state index in [1.165, 1.54) is 17.6 Å². The van der Waals surface area contributed by atoms with Crippen LogP contribution >= 0.6 is 27.3 Å². The summed E-state index contributed by atoms with van der Waals surface area (Å²) in [6, 6.07) is 8.24. The molecule has 2 rings (SSSR count). The maximum Gasteiger partial charge on any atom is 0.308 e. The fraction of sp³-hybridized carbons (Fsp3) is 0.500. The number of carbonyl (C=O) groups is 1. The molecular formula is C20H30BrNO2S. The Morgan fingerprint density at radius 1 is 1.16 bits per heavy atom. The molecule has 0 atom stereocenters. The molecule has 0 aliphatic rings. The SMILES string of the molecule is Brc1ccc(-c2cncs2)cc1.CC.CCCC(CCC)C(=O)OC. The van der Waals surface area contributed by atoms with Gasteiger partial charge in [0.05, 0.1) is 23.4 Å². The molecular weight excluding hydrogens is 398 g/mol. The summed E-state index contributed by atoms with van der Waals surface area (Å²) in [6.45, 7) is 8.18. The molecule has 0 amide bonds. The summed E-state index contributed by atoms with van der Waals surface area (Å²) in [5.74, 6) is 0.0868. The molecule has 140 valence electrons. The van der Waals surface area contributed by atoms with Crippen molar-refractivity contribution in [3.63, 3.8) is 0 Å². The molecule has 3 nitrogen and oxygen atoms in total. The van der Waals surface area contributed by atoms with Gasteiger partial charge in [-0.15, -0.1) is 11.3 Å². The fourth-order valence-electron chi connectivity index (χ4n) is 2.22. The molecule has 1 aromatic heterocycles. The Balaban J connectivity index is 0.000000422. The van der Waals surface area contributed by atoms with Crippen LogP contribution < -0.4 is 0 Å². The number of rotatable bonds is 6. The van der Waals surface area contributed by atoms with Crippen molar-refractivity contribution in [3.8, 4) is 10.4 Å². The van der Waals surface area contributed by atoms with Gasteiger partial charge in [-0.1, -0.05) is 68.6 Å². The maximum atomic E-state index is 11.1. The number of aromatic nitrogens is 1. The lowest BCUT2D eigenvalue weighted by atomic mass is 9.99. The van der Waals surface area contributed by atoms with E-state index >= 15 is 0 Å². The van der Waals surface area contributed by atoms with Crippen LogP contribution in [0, 0.1) is 5.92 Å². The summed E-state index contributed by atoms with van der Waals surface area (Å²) in [5, 5.41) is 0. The highest BCUT2D eigenvalue weighted by molar-refractivity contribution is 9.10. The van der Waals surface area contributed by atoms with E-state index in [0.717, 1.165) is 30.2 Å². The zero-order chi connectivity index (χ0) is 19.1. The fourth-order valence-corrected chi connectivity index (χ4v) is 3.11. The van der Waals surface area contributed by atoms with Gasteiger partial charge in [0.15, 0.2) is 0 Å². The van der Waals surface area contributed by atoms with Crippen LogP contribution in [0.5, 0.6) is 0 Å². The van der Waals surface area contributed by atoms with Crippen LogP contribution in [-0.4, -0.2) is 18.1 Å². The van der Waals surface area contributed by atoms with E-state index < -0.39 is 0 Å².